The Bertz CT molecular complexity index is 568. The molecule has 5 nitrogen and oxygen atoms in total. The lowest BCUT2D eigenvalue weighted by Gasteiger charge is -2.07. The van der Waals surface area contributed by atoms with Gasteiger partial charge in [0.15, 0.2) is 0 Å². The van der Waals surface area contributed by atoms with E-state index in [4.69, 9.17) is 28.3 Å². The molecule has 88 valence electrons. The number of aliphatic carboxylic acids is 1. The number of aromatic nitrogens is 3. The number of carbonyl (C=O) groups is 1. The minimum Gasteiger partial charge on any atom is -0.481 e. The van der Waals surface area contributed by atoms with E-state index in [2.05, 4.69) is 10.3 Å². The third kappa shape index (κ3) is 2.40. The summed E-state index contributed by atoms with van der Waals surface area (Å²) >= 11 is 11.9. The van der Waals surface area contributed by atoms with Gasteiger partial charge in [0.2, 0.25) is 0 Å². The van der Waals surface area contributed by atoms with Crippen molar-refractivity contribution in [3.63, 3.8) is 0 Å². The van der Waals surface area contributed by atoms with E-state index in [1.165, 1.54) is 10.9 Å². The topological polar surface area (TPSA) is 68.0 Å². The van der Waals surface area contributed by atoms with Gasteiger partial charge in [0.25, 0.3) is 0 Å². The number of rotatable bonds is 3. The SMILES string of the molecule is O=C(O)Cc1cnnn1-c1cccc(Cl)c1Cl. The Kier molecular flexibility index (Phi) is 3.31. The smallest absolute Gasteiger partial charge is 0.309 e. The molecule has 2 rings (SSSR count). The van der Waals surface area contributed by atoms with Gasteiger partial charge in [-0.15, -0.1) is 5.10 Å². The third-order valence-electron chi connectivity index (χ3n) is 2.11. The Morgan fingerprint density at radius 2 is 2.18 bits per heavy atom. The van der Waals surface area contributed by atoms with E-state index in [0.717, 1.165) is 0 Å². The summed E-state index contributed by atoms with van der Waals surface area (Å²) in [5.41, 5.74) is 0.939. The van der Waals surface area contributed by atoms with E-state index in [1.54, 1.807) is 18.2 Å². The molecule has 17 heavy (non-hydrogen) atoms. The molecule has 0 aliphatic rings. The summed E-state index contributed by atoms with van der Waals surface area (Å²) in [4.78, 5) is 10.7. The monoisotopic (exact) mass is 271 g/mol. The molecule has 0 saturated carbocycles. The first kappa shape index (κ1) is 11.9. The lowest BCUT2D eigenvalue weighted by atomic mass is 10.3. The normalized spacial score (nSPS) is 10.5. The van der Waals surface area contributed by atoms with Crippen LogP contribution in [0, 0.1) is 0 Å². The molecule has 0 saturated heterocycles. The first-order chi connectivity index (χ1) is 8.09. The molecule has 0 unspecified atom stereocenters. The molecule has 0 amide bonds. The van der Waals surface area contributed by atoms with Gasteiger partial charge in [-0.1, -0.05) is 34.5 Å². The molecule has 1 heterocycles. The maximum atomic E-state index is 10.7. The Morgan fingerprint density at radius 1 is 1.41 bits per heavy atom. The Balaban J connectivity index is 2.50. The lowest BCUT2D eigenvalue weighted by molar-refractivity contribution is -0.136. The number of carboxylic acid groups (broad SMARTS) is 1. The lowest BCUT2D eigenvalue weighted by Crippen LogP contribution is -2.08. The highest BCUT2D eigenvalue weighted by Crippen LogP contribution is 2.28. The maximum Gasteiger partial charge on any atom is 0.309 e. The van der Waals surface area contributed by atoms with Crippen molar-refractivity contribution in [1.29, 1.82) is 0 Å². The zero-order valence-electron chi connectivity index (χ0n) is 8.47. The zero-order valence-corrected chi connectivity index (χ0v) is 9.98. The third-order valence-corrected chi connectivity index (χ3v) is 2.92. The summed E-state index contributed by atoms with van der Waals surface area (Å²) in [7, 11) is 0. The summed E-state index contributed by atoms with van der Waals surface area (Å²) in [5, 5.41) is 16.9. The van der Waals surface area contributed by atoms with Gasteiger partial charge in [-0.05, 0) is 12.1 Å². The highest BCUT2D eigenvalue weighted by molar-refractivity contribution is 6.43. The second kappa shape index (κ2) is 4.73. The number of hydrogen-bond donors (Lipinski definition) is 1. The summed E-state index contributed by atoms with van der Waals surface area (Å²) in [6, 6.07) is 5.03. The summed E-state index contributed by atoms with van der Waals surface area (Å²) < 4.78 is 1.36. The number of nitrogens with zero attached hydrogens (tertiary/aromatic N) is 3. The van der Waals surface area contributed by atoms with Crippen LogP contribution in [-0.2, 0) is 11.2 Å². The minimum absolute atomic E-state index is 0.185. The molecule has 0 aliphatic heterocycles. The van der Waals surface area contributed by atoms with Gasteiger partial charge in [-0.2, -0.15) is 0 Å². The predicted octanol–water partition coefficient (Wildman–Crippen LogP) is 2.20. The van der Waals surface area contributed by atoms with Crippen molar-refractivity contribution in [1.82, 2.24) is 15.0 Å². The minimum atomic E-state index is -0.966. The van der Waals surface area contributed by atoms with E-state index in [0.29, 0.717) is 21.4 Å². The molecule has 0 radical (unpaired) electrons. The van der Waals surface area contributed by atoms with Crippen LogP contribution < -0.4 is 0 Å². The van der Waals surface area contributed by atoms with Crippen LogP contribution in [0.15, 0.2) is 24.4 Å². The second-order valence-corrected chi connectivity index (χ2v) is 4.07. The van der Waals surface area contributed by atoms with E-state index in [-0.39, 0.29) is 6.42 Å². The summed E-state index contributed by atoms with van der Waals surface area (Å²) in [5.74, 6) is -0.966. The van der Waals surface area contributed by atoms with Gasteiger partial charge in [0, 0.05) is 0 Å². The predicted molar refractivity (Wildman–Crippen MR) is 62.7 cm³/mol. The first-order valence-electron chi connectivity index (χ1n) is 4.65. The standard InChI is InChI=1S/C10H7Cl2N3O2/c11-7-2-1-3-8(10(7)12)15-6(4-9(16)17)5-13-14-15/h1-3,5H,4H2,(H,16,17). The molecule has 1 aromatic heterocycles. The molecule has 1 aromatic carbocycles. The number of benzene rings is 1. The van der Waals surface area contributed by atoms with Gasteiger partial charge in [-0.25, -0.2) is 4.68 Å². The highest BCUT2D eigenvalue weighted by Gasteiger charge is 2.13. The van der Waals surface area contributed by atoms with Crippen LogP contribution in [0.2, 0.25) is 10.0 Å². The van der Waals surface area contributed by atoms with Crippen molar-refractivity contribution >= 4 is 29.2 Å². The number of halogens is 2. The Labute approximate surface area is 107 Å². The molecular formula is C10H7Cl2N3O2. The van der Waals surface area contributed by atoms with Crippen LogP contribution in [0.5, 0.6) is 0 Å². The van der Waals surface area contributed by atoms with Crippen molar-refractivity contribution < 1.29 is 9.90 Å². The molecule has 0 spiro atoms. The van der Waals surface area contributed by atoms with E-state index < -0.39 is 5.97 Å². The van der Waals surface area contributed by atoms with Gasteiger partial charge in [0.05, 0.1) is 34.0 Å². The average Bonchev–Trinajstić information content (AvgIpc) is 2.69. The molecule has 1 N–H and O–H groups in total. The van der Waals surface area contributed by atoms with Gasteiger partial charge >= 0.3 is 5.97 Å². The number of carboxylic acids is 1. The van der Waals surface area contributed by atoms with E-state index in [1.807, 2.05) is 0 Å². The molecule has 0 aliphatic carbocycles. The molecule has 0 atom stereocenters. The zero-order chi connectivity index (χ0) is 12.4. The van der Waals surface area contributed by atoms with Gasteiger partial charge in [-0.3, -0.25) is 4.79 Å². The van der Waals surface area contributed by atoms with Crippen LogP contribution in [0.1, 0.15) is 5.69 Å². The van der Waals surface area contributed by atoms with Crippen LogP contribution in [0.4, 0.5) is 0 Å². The molecule has 7 heteroatoms. The Hall–Kier alpha value is -1.59. The van der Waals surface area contributed by atoms with Crippen molar-refractivity contribution in [2.24, 2.45) is 0 Å². The molecule has 2 aromatic rings. The Morgan fingerprint density at radius 3 is 2.88 bits per heavy atom. The molecule has 0 bridgehead atoms. The quantitative estimate of drug-likeness (QED) is 0.930. The summed E-state index contributed by atoms with van der Waals surface area (Å²) in [6.07, 6.45) is 1.20. The molecular weight excluding hydrogens is 265 g/mol. The average molecular weight is 272 g/mol. The second-order valence-electron chi connectivity index (χ2n) is 3.28. The van der Waals surface area contributed by atoms with Crippen LogP contribution in [0.25, 0.3) is 5.69 Å². The van der Waals surface area contributed by atoms with Crippen LogP contribution in [0.3, 0.4) is 0 Å². The fourth-order valence-corrected chi connectivity index (χ4v) is 1.77. The van der Waals surface area contributed by atoms with Gasteiger partial charge in [0.1, 0.15) is 0 Å². The van der Waals surface area contributed by atoms with Crippen molar-refractivity contribution in [2.45, 2.75) is 6.42 Å². The fraction of sp³-hybridized carbons (Fsp3) is 0.100. The maximum absolute atomic E-state index is 10.7. The molecule has 0 fully saturated rings. The van der Waals surface area contributed by atoms with Crippen molar-refractivity contribution in [2.75, 3.05) is 0 Å². The van der Waals surface area contributed by atoms with E-state index in [9.17, 15) is 4.79 Å². The van der Waals surface area contributed by atoms with Gasteiger partial charge < -0.3 is 5.11 Å². The summed E-state index contributed by atoms with van der Waals surface area (Å²) in [6.45, 7) is 0. The first-order valence-corrected chi connectivity index (χ1v) is 5.41. The number of hydrogen-bond acceptors (Lipinski definition) is 3. The van der Waals surface area contributed by atoms with Crippen LogP contribution >= 0.6 is 23.2 Å². The largest absolute Gasteiger partial charge is 0.481 e. The van der Waals surface area contributed by atoms with Crippen molar-refractivity contribution in [3.05, 3.63) is 40.1 Å². The van der Waals surface area contributed by atoms with Crippen LogP contribution in [-0.4, -0.2) is 26.1 Å². The van der Waals surface area contributed by atoms with E-state index >= 15 is 0 Å². The fourth-order valence-electron chi connectivity index (χ4n) is 1.39. The van der Waals surface area contributed by atoms with Crippen molar-refractivity contribution in [3.8, 4) is 5.69 Å². The highest BCUT2D eigenvalue weighted by atomic mass is 35.5.